The van der Waals surface area contributed by atoms with E-state index in [1.54, 1.807) is 22.8 Å². The summed E-state index contributed by atoms with van der Waals surface area (Å²) in [6.07, 6.45) is 0. The van der Waals surface area contributed by atoms with Gasteiger partial charge in [-0.1, -0.05) is 0 Å². The monoisotopic (exact) mass is 232 g/mol. The van der Waals surface area contributed by atoms with Gasteiger partial charge in [0.25, 0.3) is 5.56 Å². The number of nitrogen functional groups attached to an aromatic ring is 1. The Hall–Kier alpha value is -2.10. The predicted octanol–water partition coefficient (Wildman–Crippen LogP) is 2.26. The maximum atomic E-state index is 12.9. The van der Waals surface area contributed by atoms with Gasteiger partial charge in [-0.3, -0.25) is 4.79 Å². The molecule has 0 bridgehead atoms. The van der Waals surface area contributed by atoms with Crippen molar-refractivity contribution in [2.24, 2.45) is 0 Å². The molecule has 2 aromatic rings. The maximum absolute atomic E-state index is 12.9. The minimum absolute atomic E-state index is 0.146. The molecule has 2 N–H and O–H groups in total. The molecule has 0 atom stereocenters. The number of rotatable bonds is 2. The van der Waals surface area contributed by atoms with Crippen LogP contribution in [-0.2, 0) is 6.54 Å². The lowest BCUT2D eigenvalue weighted by atomic mass is 10.1. The van der Waals surface area contributed by atoms with Gasteiger partial charge < -0.3 is 10.3 Å². The lowest BCUT2D eigenvalue weighted by Crippen LogP contribution is -2.20. The van der Waals surface area contributed by atoms with Gasteiger partial charge in [-0.25, -0.2) is 4.39 Å². The second kappa shape index (κ2) is 4.41. The number of hydrogen-bond acceptors (Lipinski definition) is 2. The second-order valence-corrected chi connectivity index (χ2v) is 3.76. The van der Waals surface area contributed by atoms with Crippen molar-refractivity contribution in [3.05, 3.63) is 52.6 Å². The molecule has 0 amide bonds. The van der Waals surface area contributed by atoms with Crippen molar-refractivity contribution >= 4 is 5.69 Å². The second-order valence-electron chi connectivity index (χ2n) is 3.76. The Morgan fingerprint density at radius 2 is 1.88 bits per heavy atom. The van der Waals surface area contributed by atoms with Crippen molar-refractivity contribution in [3.63, 3.8) is 0 Å². The Morgan fingerprint density at radius 3 is 2.47 bits per heavy atom. The van der Waals surface area contributed by atoms with E-state index in [4.69, 9.17) is 5.73 Å². The zero-order valence-electron chi connectivity index (χ0n) is 9.48. The van der Waals surface area contributed by atoms with Crippen LogP contribution in [-0.4, -0.2) is 4.57 Å². The van der Waals surface area contributed by atoms with E-state index in [9.17, 15) is 9.18 Å². The van der Waals surface area contributed by atoms with Crippen LogP contribution in [0.15, 0.2) is 41.2 Å². The van der Waals surface area contributed by atoms with Crippen molar-refractivity contribution in [3.8, 4) is 11.3 Å². The van der Waals surface area contributed by atoms with Gasteiger partial charge in [0.2, 0.25) is 0 Å². The average Bonchev–Trinajstić information content (AvgIpc) is 2.29. The summed E-state index contributed by atoms with van der Waals surface area (Å²) >= 11 is 0. The summed E-state index contributed by atoms with van der Waals surface area (Å²) in [5.74, 6) is -0.303. The first-order valence-electron chi connectivity index (χ1n) is 5.38. The molecule has 0 aliphatic rings. The lowest BCUT2D eigenvalue weighted by molar-refractivity contribution is 0.628. The normalized spacial score (nSPS) is 10.5. The number of anilines is 1. The van der Waals surface area contributed by atoms with Crippen molar-refractivity contribution in [2.45, 2.75) is 13.5 Å². The Bertz CT molecular complexity index is 587. The van der Waals surface area contributed by atoms with Crippen LogP contribution in [0.4, 0.5) is 10.1 Å². The molecule has 1 aromatic heterocycles. The molecule has 0 radical (unpaired) electrons. The Morgan fingerprint density at radius 1 is 1.24 bits per heavy atom. The molecule has 1 heterocycles. The van der Waals surface area contributed by atoms with Crippen LogP contribution in [0.3, 0.4) is 0 Å². The Labute approximate surface area is 98.3 Å². The quantitative estimate of drug-likeness (QED) is 0.863. The Kier molecular flexibility index (Phi) is 2.95. The fourth-order valence-electron chi connectivity index (χ4n) is 1.80. The van der Waals surface area contributed by atoms with Crippen molar-refractivity contribution in [1.82, 2.24) is 4.57 Å². The summed E-state index contributed by atoms with van der Waals surface area (Å²) < 4.78 is 14.5. The fourth-order valence-corrected chi connectivity index (χ4v) is 1.80. The van der Waals surface area contributed by atoms with Gasteiger partial charge in [-0.2, -0.15) is 0 Å². The molecule has 3 nitrogen and oxygen atoms in total. The van der Waals surface area contributed by atoms with E-state index in [2.05, 4.69) is 0 Å². The molecule has 0 fully saturated rings. The number of nitrogens with zero attached hydrogens (tertiary/aromatic N) is 1. The number of halogens is 1. The number of nitrogens with two attached hydrogens (primary N) is 1. The van der Waals surface area contributed by atoms with Gasteiger partial charge in [-0.15, -0.1) is 0 Å². The number of hydrogen-bond donors (Lipinski definition) is 1. The van der Waals surface area contributed by atoms with Crippen LogP contribution in [0.25, 0.3) is 11.3 Å². The summed E-state index contributed by atoms with van der Waals surface area (Å²) in [7, 11) is 0. The van der Waals surface area contributed by atoms with Gasteiger partial charge in [0.1, 0.15) is 5.82 Å². The molecule has 0 saturated heterocycles. The van der Waals surface area contributed by atoms with E-state index >= 15 is 0 Å². The predicted molar refractivity (Wildman–Crippen MR) is 66.2 cm³/mol. The highest BCUT2D eigenvalue weighted by molar-refractivity contribution is 5.63. The molecule has 0 aliphatic heterocycles. The number of benzene rings is 1. The number of pyridine rings is 1. The molecule has 0 unspecified atom stereocenters. The van der Waals surface area contributed by atoms with Crippen molar-refractivity contribution < 1.29 is 4.39 Å². The number of aromatic nitrogens is 1. The standard InChI is InChI=1S/C13H13FN2O/c1-2-16-12(7-11(15)8-13(16)17)9-3-5-10(14)6-4-9/h3-8H,2,15H2,1H3. The van der Waals surface area contributed by atoms with E-state index in [1.807, 2.05) is 6.92 Å². The van der Waals surface area contributed by atoms with Crippen LogP contribution in [0.1, 0.15) is 6.92 Å². The minimum Gasteiger partial charge on any atom is -0.399 e. The highest BCUT2D eigenvalue weighted by Crippen LogP contribution is 2.20. The van der Waals surface area contributed by atoms with E-state index in [0.717, 1.165) is 5.56 Å². The molecule has 4 heteroatoms. The summed E-state index contributed by atoms with van der Waals surface area (Å²) in [6.45, 7) is 2.43. The summed E-state index contributed by atoms with van der Waals surface area (Å²) in [4.78, 5) is 11.7. The van der Waals surface area contributed by atoms with Crippen molar-refractivity contribution in [1.29, 1.82) is 0 Å². The third-order valence-corrected chi connectivity index (χ3v) is 2.61. The van der Waals surface area contributed by atoms with E-state index in [-0.39, 0.29) is 11.4 Å². The first-order chi connectivity index (χ1) is 8.11. The molecule has 2 rings (SSSR count). The third-order valence-electron chi connectivity index (χ3n) is 2.61. The zero-order chi connectivity index (χ0) is 12.4. The molecule has 17 heavy (non-hydrogen) atoms. The van der Waals surface area contributed by atoms with Crippen LogP contribution >= 0.6 is 0 Å². The smallest absolute Gasteiger partial charge is 0.253 e. The molecular formula is C13H13FN2O. The third kappa shape index (κ3) is 2.20. The van der Waals surface area contributed by atoms with Gasteiger partial charge >= 0.3 is 0 Å². The van der Waals surface area contributed by atoms with Gasteiger partial charge in [0, 0.05) is 18.3 Å². The van der Waals surface area contributed by atoms with Crippen LogP contribution in [0.2, 0.25) is 0 Å². The minimum atomic E-state index is -0.303. The molecule has 88 valence electrons. The first-order valence-corrected chi connectivity index (χ1v) is 5.38. The maximum Gasteiger partial charge on any atom is 0.253 e. The van der Waals surface area contributed by atoms with Crippen LogP contribution < -0.4 is 11.3 Å². The molecular weight excluding hydrogens is 219 g/mol. The molecule has 0 saturated carbocycles. The largest absolute Gasteiger partial charge is 0.399 e. The van der Waals surface area contributed by atoms with Crippen molar-refractivity contribution in [2.75, 3.05) is 5.73 Å². The fraction of sp³-hybridized carbons (Fsp3) is 0.154. The van der Waals surface area contributed by atoms with E-state index in [1.165, 1.54) is 18.2 Å². The SMILES string of the molecule is CCn1c(-c2ccc(F)cc2)cc(N)cc1=O. The highest BCUT2D eigenvalue weighted by Gasteiger charge is 2.06. The summed E-state index contributed by atoms with van der Waals surface area (Å²) in [5, 5.41) is 0. The van der Waals surface area contributed by atoms with Crippen LogP contribution in [0.5, 0.6) is 0 Å². The van der Waals surface area contributed by atoms with Gasteiger partial charge in [0.05, 0.1) is 5.69 Å². The average molecular weight is 232 g/mol. The highest BCUT2D eigenvalue weighted by atomic mass is 19.1. The van der Waals surface area contributed by atoms with Gasteiger partial charge in [-0.05, 0) is 42.8 Å². The Balaban J connectivity index is 2.65. The van der Waals surface area contributed by atoms with E-state index in [0.29, 0.717) is 17.9 Å². The molecule has 1 aromatic carbocycles. The first kappa shape index (κ1) is 11.4. The summed E-state index contributed by atoms with van der Waals surface area (Å²) in [6, 6.07) is 9.10. The molecule has 0 aliphatic carbocycles. The van der Waals surface area contributed by atoms with Gasteiger partial charge in [0.15, 0.2) is 0 Å². The molecule has 0 spiro atoms. The topological polar surface area (TPSA) is 48.0 Å². The van der Waals surface area contributed by atoms with Crippen LogP contribution in [0, 0.1) is 5.82 Å². The zero-order valence-corrected chi connectivity index (χ0v) is 9.48. The lowest BCUT2D eigenvalue weighted by Gasteiger charge is -2.11. The summed E-state index contributed by atoms with van der Waals surface area (Å²) in [5.41, 5.74) is 7.41. The van der Waals surface area contributed by atoms with E-state index < -0.39 is 0 Å².